The number of carbonyl (C=O) groups is 1. The van der Waals surface area contributed by atoms with Crippen molar-refractivity contribution in [3.05, 3.63) is 23.2 Å². The van der Waals surface area contributed by atoms with Gasteiger partial charge in [-0.25, -0.2) is 9.78 Å². The number of rotatable bonds is 3. The molecule has 0 aliphatic heterocycles. The summed E-state index contributed by atoms with van der Waals surface area (Å²) in [7, 11) is 1.78. The minimum atomic E-state index is -1.06. The fourth-order valence-corrected chi connectivity index (χ4v) is 2.04. The predicted molar refractivity (Wildman–Crippen MR) is 62.4 cm³/mol. The topological polar surface area (TPSA) is 81.1 Å². The van der Waals surface area contributed by atoms with Crippen LogP contribution in [-0.2, 0) is 7.05 Å². The largest absolute Gasteiger partial charge is 0.475 e. The zero-order valence-corrected chi connectivity index (χ0v) is 10.2. The van der Waals surface area contributed by atoms with E-state index < -0.39 is 5.97 Å². The number of aromatic nitrogens is 3. The average molecular weight is 247 g/mol. The van der Waals surface area contributed by atoms with Crippen LogP contribution < -0.4 is 0 Å². The van der Waals surface area contributed by atoms with Crippen molar-refractivity contribution in [2.75, 3.05) is 0 Å². The molecule has 0 amide bonds. The Hall–Kier alpha value is -2.11. The lowest BCUT2D eigenvalue weighted by Gasteiger charge is -1.94. The molecule has 1 N–H and O–H groups in total. The average Bonchev–Trinajstić information content (AvgIpc) is 2.95. The van der Waals surface area contributed by atoms with Crippen LogP contribution in [0.3, 0.4) is 0 Å². The molecule has 18 heavy (non-hydrogen) atoms. The molecule has 1 aliphatic carbocycles. The van der Waals surface area contributed by atoms with Crippen LogP contribution in [0.5, 0.6) is 0 Å². The molecule has 2 aromatic heterocycles. The summed E-state index contributed by atoms with van der Waals surface area (Å²) in [6.45, 7) is 1.87. The number of hydrogen-bond acceptors (Lipinski definition) is 4. The molecule has 2 aromatic rings. The summed E-state index contributed by atoms with van der Waals surface area (Å²) in [6, 6.07) is 1.83. The molecule has 2 heterocycles. The fraction of sp³-hybridized carbons (Fsp3) is 0.417. The van der Waals surface area contributed by atoms with E-state index in [4.69, 9.17) is 9.52 Å². The Morgan fingerprint density at radius 2 is 2.28 bits per heavy atom. The smallest absolute Gasteiger partial charge is 0.373 e. The van der Waals surface area contributed by atoms with E-state index in [-0.39, 0.29) is 11.7 Å². The van der Waals surface area contributed by atoms with Crippen LogP contribution in [0.15, 0.2) is 10.5 Å². The molecule has 0 atom stereocenters. The SMILES string of the molecule is Cc1cc(-c2nc(C3CC3)c(C(=O)O)o2)n(C)n1. The van der Waals surface area contributed by atoms with Gasteiger partial charge in [0.25, 0.3) is 0 Å². The van der Waals surface area contributed by atoms with Gasteiger partial charge < -0.3 is 9.52 Å². The standard InChI is InChI=1S/C12H13N3O3/c1-6-5-8(15(2)14-6)11-13-9(7-3-4-7)10(18-11)12(16)17/h5,7H,3-4H2,1-2H3,(H,16,17). The molecular formula is C12H13N3O3. The zero-order valence-electron chi connectivity index (χ0n) is 10.2. The van der Waals surface area contributed by atoms with Crippen molar-refractivity contribution in [1.29, 1.82) is 0 Å². The van der Waals surface area contributed by atoms with E-state index in [1.165, 1.54) is 0 Å². The van der Waals surface area contributed by atoms with Gasteiger partial charge >= 0.3 is 5.97 Å². The van der Waals surface area contributed by atoms with E-state index in [1.54, 1.807) is 11.7 Å². The van der Waals surface area contributed by atoms with Crippen molar-refractivity contribution < 1.29 is 14.3 Å². The van der Waals surface area contributed by atoms with Gasteiger partial charge in [0, 0.05) is 13.0 Å². The third kappa shape index (κ3) is 1.70. The van der Waals surface area contributed by atoms with Gasteiger partial charge in [0.1, 0.15) is 5.69 Å². The van der Waals surface area contributed by atoms with Gasteiger partial charge in [0.15, 0.2) is 0 Å². The summed E-state index contributed by atoms with van der Waals surface area (Å²) in [5.74, 6) is -0.527. The highest BCUT2D eigenvalue weighted by molar-refractivity contribution is 5.86. The first kappa shape index (κ1) is 11.0. The number of carboxylic acid groups (broad SMARTS) is 1. The lowest BCUT2D eigenvalue weighted by Crippen LogP contribution is -1.98. The summed E-state index contributed by atoms with van der Waals surface area (Å²) < 4.78 is 7.03. The quantitative estimate of drug-likeness (QED) is 0.896. The highest BCUT2D eigenvalue weighted by atomic mass is 16.4. The molecule has 0 radical (unpaired) electrons. The molecule has 1 aliphatic rings. The van der Waals surface area contributed by atoms with E-state index in [0.29, 0.717) is 17.3 Å². The highest BCUT2D eigenvalue weighted by Gasteiger charge is 2.34. The van der Waals surface area contributed by atoms with E-state index in [0.717, 1.165) is 18.5 Å². The summed E-state index contributed by atoms with van der Waals surface area (Å²) in [6.07, 6.45) is 1.97. The Balaban J connectivity index is 2.10. The van der Waals surface area contributed by atoms with E-state index in [2.05, 4.69) is 10.1 Å². The Morgan fingerprint density at radius 3 is 2.78 bits per heavy atom. The van der Waals surface area contributed by atoms with Gasteiger partial charge in [0.05, 0.1) is 11.4 Å². The molecule has 0 aromatic carbocycles. The number of carboxylic acids is 1. The Bertz CT molecular complexity index is 623. The van der Waals surface area contributed by atoms with Gasteiger partial charge in [0.2, 0.25) is 11.7 Å². The van der Waals surface area contributed by atoms with Crippen LogP contribution in [0.4, 0.5) is 0 Å². The molecular weight excluding hydrogens is 234 g/mol. The van der Waals surface area contributed by atoms with E-state index >= 15 is 0 Å². The summed E-state index contributed by atoms with van der Waals surface area (Å²) >= 11 is 0. The zero-order chi connectivity index (χ0) is 12.9. The first-order valence-corrected chi connectivity index (χ1v) is 5.81. The second-order valence-electron chi connectivity index (χ2n) is 4.61. The number of nitrogens with zero attached hydrogens (tertiary/aromatic N) is 3. The fourth-order valence-electron chi connectivity index (χ4n) is 2.04. The molecule has 0 spiro atoms. The van der Waals surface area contributed by atoms with Gasteiger partial charge in [-0.15, -0.1) is 0 Å². The molecule has 6 heteroatoms. The maximum absolute atomic E-state index is 11.1. The van der Waals surface area contributed by atoms with Crippen molar-refractivity contribution in [1.82, 2.24) is 14.8 Å². The molecule has 1 saturated carbocycles. The summed E-state index contributed by atoms with van der Waals surface area (Å²) in [4.78, 5) is 15.5. The second-order valence-corrected chi connectivity index (χ2v) is 4.61. The van der Waals surface area contributed by atoms with Crippen molar-refractivity contribution >= 4 is 5.97 Å². The minimum absolute atomic E-state index is 0.0358. The Morgan fingerprint density at radius 1 is 1.56 bits per heavy atom. The number of oxazole rings is 1. The molecule has 1 fully saturated rings. The monoisotopic (exact) mass is 247 g/mol. The lowest BCUT2D eigenvalue weighted by atomic mass is 10.2. The van der Waals surface area contributed by atoms with Gasteiger partial charge in [-0.3, -0.25) is 4.68 Å². The number of aryl methyl sites for hydroxylation is 2. The summed E-state index contributed by atoms with van der Waals surface area (Å²) in [5, 5.41) is 13.3. The number of hydrogen-bond donors (Lipinski definition) is 1. The first-order valence-electron chi connectivity index (χ1n) is 5.81. The maximum atomic E-state index is 11.1. The van der Waals surface area contributed by atoms with Crippen LogP contribution in [0, 0.1) is 6.92 Å². The van der Waals surface area contributed by atoms with E-state index in [9.17, 15) is 4.79 Å². The third-order valence-corrected chi connectivity index (χ3v) is 3.03. The Labute approximate surface area is 103 Å². The Kier molecular flexibility index (Phi) is 2.26. The highest BCUT2D eigenvalue weighted by Crippen LogP contribution is 2.42. The van der Waals surface area contributed by atoms with Crippen molar-refractivity contribution in [2.24, 2.45) is 7.05 Å². The third-order valence-electron chi connectivity index (χ3n) is 3.03. The van der Waals surface area contributed by atoms with Crippen molar-refractivity contribution in [3.8, 4) is 11.6 Å². The van der Waals surface area contributed by atoms with Crippen molar-refractivity contribution in [3.63, 3.8) is 0 Å². The van der Waals surface area contributed by atoms with Crippen LogP contribution in [-0.4, -0.2) is 25.8 Å². The van der Waals surface area contributed by atoms with Gasteiger partial charge in [-0.2, -0.15) is 5.10 Å². The van der Waals surface area contributed by atoms with Crippen LogP contribution in [0.2, 0.25) is 0 Å². The lowest BCUT2D eigenvalue weighted by molar-refractivity contribution is 0.0661. The van der Waals surface area contributed by atoms with E-state index in [1.807, 2.05) is 13.0 Å². The normalized spacial score (nSPS) is 15.0. The van der Waals surface area contributed by atoms with Gasteiger partial charge in [-0.1, -0.05) is 0 Å². The molecule has 0 unspecified atom stereocenters. The first-order chi connectivity index (χ1) is 8.56. The molecule has 6 nitrogen and oxygen atoms in total. The van der Waals surface area contributed by atoms with Crippen LogP contribution in [0.1, 0.15) is 40.7 Å². The second kappa shape index (κ2) is 3.69. The summed E-state index contributed by atoms with van der Waals surface area (Å²) in [5.41, 5.74) is 2.11. The number of aromatic carboxylic acids is 1. The van der Waals surface area contributed by atoms with Crippen LogP contribution >= 0.6 is 0 Å². The molecule has 3 rings (SSSR count). The minimum Gasteiger partial charge on any atom is -0.475 e. The van der Waals surface area contributed by atoms with Crippen LogP contribution in [0.25, 0.3) is 11.6 Å². The van der Waals surface area contributed by atoms with Gasteiger partial charge in [-0.05, 0) is 25.8 Å². The molecule has 0 saturated heterocycles. The van der Waals surface area contributed by atoms with Crippen molar-refractivity contribution in [2.45, 2.75) is 25.7 Å². The predicted octanol–water partition coefficient (Wildman–Crippen LogP) is 1.96. The maximum Gasteiger partial charge on any atom is 0.373 e. The molecule has 94 valence electrons. The molecule has 0 bridgehead atoms.